The molecule has 2 aliphatic rings. The third-order valence-electron chi connectivity index (χ3n) is 6.82. The molecule has 3 aromatic rings. The van der Waals surface area contributed by atoms with E-state index in [0.717, 1.165) is 11.3 Å². The van der Waals surface area contributed by atoms with Crippen LogP contribution in [-0.4, -0.2) is 36.7 Å². The second-order valence-electron chi connectivity index (χ2n) is 9.22. The van der Waals surface area contributed by atoms with E-state index in [4.69, 9.17) is 26.1 Å². The van der Waals surface area contributed by atoms with Crippen LogP contribution in [0.5, 0.6) is 5.75 Å². The molecule has 10 heteroatoms. The molecular weight excluding hydrogens is 550 g/mol. The summed E-state index contributed by atoms with van der Waals surface area (Å²) in [6.45, 7) is 7.94. The normalized spacial score (nSPS) is 17.4. The van der Waals surface area contributed by atoms with E-state index in [9.17, 15) is 14.4 Å². The summed E-state index contributed by atoms with van der Waals surface area (Å²) < 4.78 is 12.8. The number of methoxy groups -OCH3 is 1. The Morgan fingerprint density at radius 3 is 2.67 bits per heavy atom. The molecule has 206 valence electrons. The van der Waals surface area contributed by atoms with Crippen molar-refractivity contribution in [2.45, 2.75) is 32.7 Å². The number of hydrogen-bond acceptors (Lipinski definition) is 7. The van der Waals surface area contributed by atoms with Crippen LogP contribution in [0.25, 0.3) is 5.57 Å². The first kappa shape index (κ1) is 27.6. The second kappa shape index (κ2) is 11.3. The van der Waals surface area contributed by atoms with Gasteiger partial charge in [-0.3, -0.25) is 14.2 Å². The quantitative estimate of drug-likeness (QED) is 0.296. The second-order valence-corrected chi connectivity index (χ2v) is 10.6. The van der Waals surface area contributed by atoms with Crippen LogP contribution < -0.4 is 24.5 Å². The maximum absolute atomic E-state index is 14.3. The molecule has 0 spiro atoms. The fraction of sp³-hybridized carbons (Fsp3) is 0.267. The number of para-hydroxylation sites is 1. The van der Waals surface area contributed by atoms with E-state index >= 15 is 0 Å². The van der Waals surface area contributed by atoms with E-state index < -0.39 is 17.6 Å². The van der Waals surface area contributed by atoms with Crippen molar-refractivity contribution in [1.29, 1.82) is 0 Å². The highest BCUT2D eigenvalue weighted by Crippen LogP contribution is 2.39. The van der Waals surface area contributed by atoms with Gasteiger partial charge in [0.25, 0.3) is 11.5 Å². The van der Waals surface area contributed by atoms with E-state index in [0.29, 0.717) is 63.0 Å². The van der Waals surface area contributed by atoms with Crippen molar-refractivity contribution in [3.8, 4) is 5.75 Å². The Morgan fingerprint density at radius 1 is 1.20 bits per heavy atom. The molecule has 1 amide bonds. The Balaban J connectivity index is 1.88. The number of nitrogens with zero attached hydrogens (tertiary/aromatic N) is 3. The van der Waals surface area contributed by atoms with Crippen LogP contribution in [0.15, 0.2) is 76.2 Å². The molecule has 2 aromatic carbocycles. The third-order valence-corrected chi connectivity index (χ3v) is 8.10. The van der Waals surface area contributed by atoms with E-state index in [-0.39, 0.29) is 22.6 Å². The van der Waals surface area contributed by atoms with Gasteiger partial charge in [0.05, 0.1) is 36.2 Å². The lowest BCUT2D eigenvalue weighted by atomic mass is 9.93. The molecule has 3 heterocycles. The first-order valence-electron chi connectivity index (χ1n) is 13.0. The van der Waals surface area contributed by atoms with Gasteiger partial charge in [0.15, 0.2) is 4.80 Å². The van der Waals surface area contributed by atoms with Gasteiger partial charge in [-0.2, -0.15) is 0 Å². The van der Waals surface area contributed by atoms with Gasteiger partial charge in [0.2, 0.25) is 0 Å². The van der Waals surface area contributed by atoms with Gasteiger partial charge in [-0.1, -0.05) is 60.6 Å². The summed E-state index contributed by atoms with van der Waals surface area (Å²) >= 11 is 7.55. The molecule has 0 saturated heterocycles. The fourth-order valence-electron chi connectivity index (χ4n) is 5.19. The number of allylic oxidation sites excluding steroid dienone is 1. The molecule has 0 unspecified atom stereocenters. The number of amides is 1. The van der Waals surface area contributed by atoms with Crippen molar-refractivity contribution >= 4 is 46.1 Å². The average Bonchev–Trinajstić information content (AvgIpc) is 3.41. The number of carbonyl (C=O) groups excluding carboxylic acids is 2. The summed E-state index contributed by atoms with van der Waals surface area (Å²) in [5.74, 6) is -0.410. The van der Waals surface area contributed by atoms with Crippen LogP contribution in [-0.2, 0) is 14.3 Å². The van der Waals surface area contributed by atoms with Crippen molar-refractivity contribution in [3.63, 3.8) is 0 Å². The lowest BCUT2D eigenvalue weighted by molar-refractivity contribution is -0.139. The number of fused-ring (bicyclic) bond motifs is 2. The number of benzene rings is 2. The molecule has 0 N–H and O–H groups in total. The molecule has 1 atom stereocenters. The average molecular weight is 578 g/mol. The predicted molar refractivity (Wildman–Crippen MR) is 156 cm³/mol. The molecule has 8 nitrogen and oxygen atoms in total. The molecule has 0 bridgehead atoms. The fourth-order valence-corrected chi connectivity index (χ4v) is 6.48. The monoisotopic (exact) mass is 577 g/mol. The van der Waals surface area contributed by atoms with E-state index in [1.54, 1.807) is 36.1 Å². The van der Waals surface area contributed by atoms with Gasteiger partial charge >= 0.3 is 5.97 Å². The zero-order chi connectivity index (χ0) is 28.6. The minimum atomic E-state index is -0.920. The number of anilines is 1. The largest absolute Gasteiger partial charge is 0.496 e. The first-order chi connectivity index (χ1) is 19.4. The van der Waals surface area contributed by atoms with Gasteiger partial charge in [-0.25, -0.2) is 9.79 Å². The van der Waals surface area contributed by atoms with Gasteiger partial charge in [0.1, 0.15) is 16.3 Å². The van der Waals surface area contributed by atoms with Gasteiger partial charge < -0.3 is 14.4 Å². The van der Waals surface area contributed by atoms with Crippen LogP contribution in [0.1, 0.15) is 43.9 Å². The molecule has 1 aromatic heterocycles. The van der Waals surface area contributed by atoms with Crippen molar-refractivity contribution in [2.24, 2.45) is 4.99 Å². The number of esters is 1. The summed E-state index contributed by atoms with van der Waals surface area (Å²) in [5, 5.41) is 0.415. The molecule has 0 aliphatic carbocycles. The standard InChI is InChI=1S/C30H28ClN3O5S/c1-5-10-20-24(29(37)39-7-3)25(19-16-17(31)13-14-22(19)38-4)34-28(36)26(40-30(34)32-20)23-18-11-8-9-12-21(18)33(15-6-2)27(23)35/h6,8-9,11-14,16,25H,2,5,7,10,15H2,1,3-4H3/b26-23-/t25-/m1/s1. The third kappa shape index (κ3) is 4.49. The topological polar surface area (TPSA) is 90.2 Å². The SMILES string of the molecule is C=CCN1C(=O)/C(=c2\sc3n(c2=O)[C@H](c2cc(Cl)ccc2OC)C(C(=O)OCC)=C(CCC)N=3)c2ccccc21. The number of aromatic nitrogens is 1. The molecule has 2 aliphatic heterocycles. The summed E-state index contributed by atoms with van der Waals surface area (Å²) in [6, 6.07) is 11.5. The van der Waals surface area contributed by atoms with Crippen LogP contribution in [0.2, 0.25) is 5.02 Å². The van der Waals surface area contributed by atoms with Crippen molar-refractivity contribution in [1.82, 2.24) is 4.57 Å². The van der Waals surface area contributed by atoms with Gasteiger partial charge in [0, 0.05) is 22.7 Å². The number of hydrogen-bond donors (Lipinski definition) is 0. The van der Waals surface area contributed by atoms with E-state index in [2.05, 4.69) is 6.58 Å². The van der Waals surface area contributed by atoms with Crippen LogP contribution in [0.4, 0.5) is 5.69 Å². The lowest BCUT2D eigenvalue weighted by Gasteiger charge is -2.27. The highest BCUT2D eigenvalue weighted by molar-refractivity contribution is 7.07. The zero-order valence-electron chi connectivity index (χ0n) is 22.4. The number of ether oxygens (including phenoxy) is 2. The summed E-state index contributed by atoms with van der Waals surface area (Å²) in [7, 11) is 1.52. The molecule has 0 fully saturated rings. The first-order valence-corrected chi connectivity index (χ1v) is 14.2. The Bertz CT molecular complexity index is 1750. The Morgan fingerprint density at radius 2 is 1.98 bits per heavy atom. The smallest absolute Gasteiger partial charge is 0.338 e. The number of rotatable bonds is 8. The summed E-state index contributed by atoms with van der Waals surface area (Å²) in [6.07, 6.45) is 2.84. The van der Waals surface area contributed by atoms with Crippen molar-refractivity contribution < 1.29 is 19.1 Å². The summed E-state index contributed by atoms with van der Waals surface area (Å²) in [4.78, 5) is 48.3. The number of halogens is 1. The Hall–Kier alpha value is -3.95. The highest BCUT2D eigenvalue weighted by Gasteiger charge is 2.38. The molecular formula is C30H28ClN3O5S. The molecule has 0 radical (unpaired) electrons. The Kier molecular flexibility index (Phi) is 7.78. The van der Waals surface area contributed by atoms with Crippen molar-refractivity contribution in [3.05, 3.63) is 102 Å². The predicted octanol–water partition coefficient (Wildman–Crippen LogP) is 4.14. The van der Waals surface area contributed by atoms with Crippen LogP contribution >= 0.6 is 22.9 Å². The maximum Gasteiger partial charge on any atom is 0.338 e. The van der Waals surface area contributed by atoms with Crippen molar-refractivity contribution in [2.75, 3.05) is 25.2 Å². The minimum Gasteiger partial charge on any atom is -0.496 e. The van der Waals surface area contributed by atoms with Gasteiger partial charge in [-0.15, -0.1) is 6.58 Å². The van der Waals surface area contributed by atoms with E-state index in [1.807, 2.05) is 31.2 Å². The zero-order valence-corrected chi connectivity index (χ0v) is 24.0. The summed E-state index contributed by atoms with van der Waals surface area (Å²) in [5.41, 5.74) is 2.53. The highest BCUT2D eigenvalue weighted by atomic mass is 35.5. The van der Waals surface area contributed by atoms with Crippen LogP contribution in [0, 0.1) is 0 Å². The lowest BCUT2D eigenvalue weighted by Crippen LogP contribution is -2.41. The van der Waals surface area contributed by atoms with Crippen LogP contribution in [0.3, 0.4) is 0 Å². The molecule has 5 rings (SSSR count). The number of thiazole rings is 1. The maximum atomic E-state index is 14.3. The molecule has 0 saturated carbocycles. The molecule has 40 heavy (non-hydrogen) atoms. The minimum absolute atomic E-state index is 0.153. The Labute approximate surface area is 240 Å². The number of carbonyl (C=O) groups is 2. The van der Waals surface area contributed by atoms with E-state index in [1.165, 1.54) is 11.7 Å². The van der Waals surface area contributed by atoms with Gasteiger partial charge in [-0.05, 0) is 37.6 Å².